The van der Waals surface area contributed by atoms with Crippen LogP contribution in [0.4, 0.5) is 0 Å². The standard InChI is InChI=1S/C13H25N/c1-10(2)7-12-8-13(12)5-6-14(9-13)11(3)4/h10-12H,5-9H2,1-4H3/t12?,13-/m1/s1. The van der Waals surface area contributed by atoms with Crippen molar-refractivity contribution in [2.75, 3.05) is 13.1 Å². The Morgan fingerprint density at radius 2 is 2.00 bits per heavy atom. The second kappa shape index (κ2) is 3.52. The molecule has 1 heteroatoms. The molecule has 1 nitrogen and oxygen atoms in total. The van der Waals surface area contributed by atoms with Crippen LogP contribution in [0.5, 0.6) is 0 Å². The van der Waals surface area contributed by atoms with Crippen LogP contribution >= 0.6 is 0 Å². The molecule has 1 spiro atoms. The fraction of sp³-hybridized carbons (Fsp3) is 1.00. The zero-order valence-corrected chi connectivity index (χ0v) is 10.2. The topological polar surface area (TPSA) is 3.24 Å². The number of hydrogen-bond acceptors (Lipinski definition) is 1. The number of hydrogen-bond donors (Lipinski definition) is 0. The summed E-state index contributed by atoms with van der Waals surface area (Å²) >= 11 is 0. The van der Waals surface area contributed by atoms with Gasteiger partial charge in [0.25, 0.3) is 0 Å². The molecular formula is C13H25N. The van der Waals surface area contributed by atoms with E-state index < -0.39 is 0 Å². The molecule has 14 heavy (non-hydrogen) atoms. The lowest BCUT2D eigenvalue weighted by Gasteiger charge is -2.20. The molecule has 0 aromatic heterocycles. The van der Waals surface area contributed by atoms with Crippen molar-refractivity contribution in [3.63, 3.8) is 0 Å². The van der Waals surface area contributed by atoms with E-state index in [2.05, 4.69) is 32.6 Å². The van der Waals surface area contributed by atoms with E-state index in [0.29, 0.717) is 0 Å². The van der Waals surface area contributed by atoms with Gasteiger partial charge in [-0.15, -0.1) is 0 Å². The maximum Gasteiger partial charge on any atom is 0.00439 e. The van der Waals surface area contributed by atoms with Crippen LogP contribution in [0.1, 0.15) is 47.0 Å². The third-order valence-electron chi connectivity index (χ3n) is 4.26. The van der Waals surface area contributed by atoms with Crippen LogP contribution in [0.25, 0.3) is 0 Å². The summed E-state index contributed by atoms with van der Waals surface area (Å²) in [7, 11) is 0. The summed E-state index contributed by atoms with van der Waals surface area (Å²) in [6.07, 6.45) is 4.46. The molecule has 2 atom stereocenters. The van der Waals surface area contributed by atoms with Gasteiger partial charge in [-0.2, -0.15) is 0 Å². The Morgan fingerprint density at radius 1 is 1.29 bits per heavy atom. The van der Waals surface area contributed by atoms with Gasteiger partial charge >= 0.3 is 0 Å². The van der Waals surface area contributed by atoms with Gasteiger partial charge in [0, 0.05) is 12.6 Å². The predicted octanol–water partition coefficient (Wildman–Crippen LogP) is 3.15. The summed E-state index contributed by atoms with van der Waals surface area (Å²) in [6, 6.07) is 0.759. The Labute approximate surface area is 88.9 Å². The highest BCUT2D eigenvalue weighted by Crippen LogP contribution is 2.60. The lowest BCUT2D eigenvalue weighted by atomic mass is 9.97. The van der Waals surface area contributed by atoms with Crippen molar-refractivity contribution < 1.29 is 0 Å². The molecule has 2 aliphatic rings. The van der Waals surface area contributed by atoms with E-state index in [0.717, 1.165) is 23.3 Å². The van der Waals surface area contributed by atoms with Crippen LogP contribution in [-0.2, 0) is 0 Å². The molecule has 1 saturated heterocycles. The average molecular weight is 195 g/mol. The van der Waals surface area contributed by atoms with Gasteiger partial charge in [0.2, 0.25) is 0 Å². The molecule has 2 fully saturated rings. The molecule has 0 amide bonds. The second-order valence-electron chi connectivity index (χ2n) is 6.21. The van der Waals surface area contributed by atoms with Gasteiger partial charge in [0.1, 0.15) is 0 Å². The smallest absolute Gasteiger partial charge is 0.00439 e. The second-order valence-corrected chi connectivity index (χ2v) is 6.21. The number of likely N-dealkylation sites (tertiary alicyclic amines) is 1. The van der Waals surface area contributed by atoms with Crippen molar-refractivity contribution in [3.8, 4) is 0 Å². The van der Waals surface area contributed by atoms with Crippen molar-refractivity contribution >= 4 is 0 Å². The lowest BCUT2D eigenvalue weighted by Crippen LogP contribution is -2.28. The highest BCUT2D eigenvalue weighted by Gasteiger charge is 2.56. The summed E-state index contributed by atoms with van der Waals surface area (Å²) in [5.74, 6) is 1.96. The Balaban J connectivity index is 1.85. The minimum absolute atomic E-state index is 0.759. The monoisotopic (exact) mass is 195 g/mol. The molecule has 1 saturated carbocycles. The van der Waals surface area contributed by atoms with E-state index in [1.807, 2.05) is 0 Å². The molecule has 1 unspecified atom stereocenters. The van der Waals surface area contributed by atoms with E-state index in [1.54, 1.807) is 0 Å². The van der Waals surface area contributed by atoms with Crippen LogP contribution in [-0.4, -0.2) is 24.0 Å². The maximum absolute atomic E-state index is 2.67. The average Bonchev–Trinajstić information content (AvgIpc) is 2.57. The van der Waals surface area contributed by atoms with Crippen LogP contribution in [0.15, 0.2) is 0 Å². The van der Waals surface area contributed by atoms with Gasteiger partial charge in [-0.25, -0.2) is 0 Å². The normalized spacial score (nSPS) is 37.7. The Bertz CT molecular complexity index is 209. The SMILES string of the molecule is CC(C)CC1C[C@@]12CCN(C(C)C)C2. The fourth-order valence-electron chi connectivity index (χ4n) is 3.20. The van der Waals surface area contributed by atoms with E-state index in [9.17, 15) is 0 Å². The lowest BCUT2D eigenvalue weighted by molar-refractivity contribution is 0.255. The zero-order chi connectivity index (χ0) is 10.3. The Hall–Kier alpha value is -0.0400. The third kappa shape index (κ3) is 1.84. The van der Waals surface area contributed by atoms with E-state index in [-0.39, 0.29) is 0 Å². The Morgan fingerprint density at radius 3 is 2.50 bits per heavy atom. The van der Waals surface area contributed by atoms with Gasteiger partial charge in [0.15, 0.2) is 0 Å². The number of nitrogens with zero attached hydrogens (tertiary/aromatic N) is 1. The first kappa shape index (κ1) is 10.5. The van der Waals surface area contributed by atoms with Gasteiger partial charge in [-0.05, 0) is 56.9 Å². The predicted molar refractivity (Wildman–Crippen MR) is 61.3 cm³/mol. The first-order valence-corrected chi connectivity index (χ1v) is 6.27. The van der Waals surface area contributed by atoms with E-state index in [4.69, 9.17) is 0 Å². The molecule has 0 aromatic carbocycles. The largest absolute Gasteiger partial charge is 0.300 e. The molecule has 0 bridgehead atoms. The van der Waals surface area contributed by atoms with Crippen molar-refractivity contribution in [3.05, 3.63) is 0 Å². The summed E-state index contributed by atoms with van der Waals surface area (Å²) in [5, 5.41) is 0. The minimum Gasteiger partial charge on any atom is -0.300 e. The molecule has 0 N–H and O–H groups in total. The Kier molecular flexibility index (Phi) is 2.63. The van der Waals surface area contributed by atoms with Gasteiger partial charge in [-0.1, -0.05) is 13.8 Å². The molecule has 0 aromatic rings. The zero-order valence-electron chi connectivity index (χ0n) is 10.2. The molecule has 2 rings (SSSR count). The van der Waals surface area contributed by atoms with Crippen molar-refractivity contribution in [2.45, 2.75) is 53.0 Å². The van der Waals surface area contributed by atoms with Crippen LogP contribution in [0.3, 0.4) is 0 Å². The van der Waals surface area contributed by atoms with Crippen LogP contribution in [0.2, 0.25) is 0 Å². The van der Waals surface area contributed by atoms with E-state index in [1.165, 1.54) is 32.4 Å². The third-order valence-corrected chi connectivity index (χ3v) is 4.26. The first-order valence-electron chi connectivity index (χ1n) is 6.27. The van der Waals surface area contributed by atoms with Gasteiger partial charge in [0.05, 0.1) is 0 Å². The minimum atomic E-state index is 0.759. The fourth-order valence-corrected chi connectivity index (χ4v) is 3.20. The summed E-state index contributed by atoms with van der Waals surface area (Å²) < 4.78 is 0. The van der Waals surface area contributed by atoms with Gasteiger partial charge in [-0.3, -0.25) is 0 Å². The van der Waals surface area contributed by atoms with Crippen molar-refractivity contribution in [1.82, 2.24) is 4.90 Å². The van der Waals surface area contributed by atoms with Crippen molar-refractivity contribution in [2.24, 2.45) is 17.3 Å². The van der Waals surface area contributed by atoms with Crippen LogP contribution in [0, 0.1) is 17.3 Å². The summed E-state index contributed by atoms with van der Waals surface area (Å²) in [6.45, 7) is 12.1. The molecular weight excluding hydrogens is 170 g/mol. The number of rotatable bonds is 3. The van der Waals surface area contributed by atoms with Crippen LogP contribution < -0.4 is 0 Å². The molecule has 1 heterocycles. The highest BCUT2D eigenvalue weighted by atomic mass is 15.2. The maximum atomic E-state index is 2.67. The highest BCUT2D eigenvalue weighted by molar-refractivity contribution is 5.08. The molecule has 1 aliphatic carbocycles. The first-order chi connectivity index (χ1) is 6.53. The molecule has 82 valence electrons. The summed E-state index contributed by atoms with van der Waals surface area (Å²) in [4.78, 5) is 2.67. The molecule has 1 aliphatic heterocycles. The van der Waals surface area contributed by atoms with Crippen molar-refractivity contribution in [1.29, 1.82) is 0 Å². The molecule has 0 radical (unpaired) electrons. The quantitative estimate of drug-likeness (QED) is 0.668. The van der Waals surface area contributed by atoms with E-state index >= 15 is 0 Å². The van der Waals surface area contributed by atoms with Gasteiger partial charge < -0.3 is 4.90 Å². The summed E-state index contributed by atoms with van der Waals surface area (Å²) in [5.41, 5.74) is 0.772.